The summed E-state index contributed by atoms with van der Waals surface area (Å²) in [7, 11) is 3.21. The van der Waals surface area contributed by atoms with E-state index in [0.717, 1.165) is 5.75 Å². The molecule has 0 heterocycles. The van der Waals surface area contributed by atoms with Crippen LogP contribution in [0, 0.1) is 5.82 Å². The van der Waals surface area contributed by atoms with Crippen LogP contribution in [0.1, 0.15) is 10.4 Å². The van der Waals surface area contributed by atoms with E-state index in [9.17, 15) is 9.18 Å². The molecule has 0 saturated carbocycles. The van der Waals surface area contributed by atoms with Gasteiger partial charge >= 0.3 is 0 Å². The van der Waals surface area contributed by atoms with E-state index in [1.54, 1.807) is 44.5 Å². The van der Waals surface area contributed by atoms with Crippen LogP contribution in [0.3, 0.4) is 0 Å². The summed E-state index contributed by atoms with van der Waals surface area (Å²) in [6.45, 7) is 0.654. The standard InChI is InChI=1S/C17H17BrFNO3/c1-20(17(21)15-11-12(18)3-8-16(15)19)9-10-23-14-6-4-13(22-2)5-7-14/h3-8,11H,9-10H2,1-2H3. The Balaban J connectivity index is 1.89. The Bertz CT molecular complexity index is 676. The van der Waals surface area contributed by atoms with E-state index in [-0.39, 0.29) is 11.5 Å². The van der Waals surface area contributed by atoms with Crippen LogP contribution in [0.5, 0.6) is 11.5 Å². The molecule has 23 heavy (non-hydrogen) atoms. The highest BCUT2D eigenvalue weighted by atomic mass is 79.9. The number of amides is 1. The predicted molar refractivity (Wildman–Crippen MR) is 89.5 cm³/mol. The second-order valence-electron chi connectivity index (χ2n) is 4.87. The van der Waals surface area contributed by atoms with Crippen LogP contribution in [0.15, 0.2) is 46.9 Å². The number of nitrogens with zero attached hydrogens (tertiary/aromatic N) is 1. The number of carbonyl (C=O) groups is 1. The van der Waals surface area contributed by atoms with Gasteiger partial charge in [0.25, 0.3) is 5.91 Å². The molecule has 0 aliphatic carbocycles. The molecule has 0 fully saturated rings. The fourth-order valence-electron chi connectivity index (χ4n) is 1.94. The van der Waals surface area contributed by atoms with Crippen LogP contribution in [0.2, 0.25) is 0 Å². The monoisotopic (exact) mass is 381 g/mol. The lowest BCUT2D eigenvalue weighted by molar-refractivity contribution is 0.0769. The maximum atomic E-state index is 13.7. The fraction of sp³-hybridized carbons (Fsp3) is 0.235. The third-order valence-electron chi connectivity index (χ3n) is 3.26. The van der Waals surface area contributed by atoms with Gasteiger partial charge in [-0.25, -0.2) is 4.39 Å². The Morgan fingerprint density at radius 1 is 1.17 bits per heavy atom. The third-order valence-corrected chi connectivity index (χ3v) is 3.75. The third kappa shape index (κ3) is 4.69. The van der Waals surface area contributed by atoms with Crippen molar-refractivity contribution in [1.29, 1.82) is 0 Å². The minimum absolute atomic E-state index is 0.0336. The molecule has 0 saturated heterocycles. The number of rotatable bonds is 6. The number of benzene rings is 2. The van der Waals surface area contributed by atoms with Gasteiger partial charge in [0.1, 0.15) is 23.9 Å². The van der Waals surface area contributed by atoms with E-state index in [2.05, 4.69) is 15.9 Å². The fourth-order valence-corrected chi connectivity index (χ4v) is 2.30. The first-order chi connectivity index (χ1) is 11.0. The SMILES string of the molecule is COc1ccc(OCCN(C)C(=O)c2cc(Br)ccc2F)cc1. The summed E-state index contributed by atoms with van der Waals surface area (Å²) < 4.78 is 25.0. The van der Waals surface area contributed by atoms with Crippen LogP contribution in [0.25, 0.3) is 0 Å². The van der Waals surface area contributed by atoms with E-state index in [1.807, 2.05) is 0 Å². The van der Waals surface area contributed by atoms with Gasteiger partial charge in [0.05, 0.1) is 19.2 Å². The van der Waals surface area contributed by atoms with Crippen LogP contribution >= 0.6 is 15.9 Å². The van der Waals surface area contributed by atoms with Gasteiger partial charge in [-0.15, -0.1) is 0 Å². The highest BCUT2D eigenvalue weighted by Gasteiger charge is 2.16. The van der Waals surface area contributed by atoms with Crippen molar-refractivity contribution in [2.24, 2.45) is 0 Å². The highest BCUT2D eigenvalue weighted by molar-refractivity contribution is 9.10. The maximum absolute atomic E-state index is 13.7. The van der Waals surface area contributed by atoms with Gasteiger partial charge in [-0.3, -0.25) is 4.79 Å². The number of carbonyl (C=O) groups excluding carboxylic acids is 1. The van der Waals surface area contributed by atoms with Gasteiger partial charge in [0.15, 0.2) is 0 Å². The Morgan fingerprint density at radius 2 is 1.83 bits per heavy atom. The van der Waals surface area contributed by atoms with Crippen molar-refractivity contribution in [1.82, 2.24) is 4.90 Å². The first-order valence-electron chi connectivity index (χ1n) is 6.98. The van der Waals surface area contributed by atoms with Crippen molar-refractivity contribution >= 4 is 21.8 Å². The molecule has 0 unspecified atom stereocenters. The minimum atomic E-state index is -0.541. The molecule has 4 nitrogen and oxygen atoms in total. The molecule has 0 spiro atoms. The Hall–Kier alpha value is -2.08. The van der Waals surface area contributed by atoms with Crippen molar-refractivity contribution in [3.8, 4) is 11.5 Å². The summed E-state index contributed by atoms with van der Waals surface area (Å²) >= 11 is 3.24. The second-order valence-corrected chi connectivity index (χ2v) is 5.79. The normalized spacial score (nSPS) is 10.3. The van der Waals surface area contributed by atoms with Crippen molar-refractivity contribution < 1.29 is 18.7 Å². The largest absolute Gasteiger partial charge is 0.497 e. The van der Waals surface area contributed by atoms with Gasteiger partial charge < -0.3 is 14.4 Å². The number of halogens is 2. The van der Waals surface area contributed by atoms with Crippen molar-refractivity contribution in [3.05, 3.63) is 58.3 Å². The average Bonchev–Trinajstić information content (AvgIpc) is 2.57. The number of hydrogen-bond donors (Lipinski definition) is 0. The molecule has 2 aromatic rings. The molecule has 6 heteroatoms. The van der Waals surface area contributed by atoms with Gasteiger partial charge in [0.2, 0.25) is 0 Å². The molecule has 0 aliphatic heterocycles. The molecular formula is C17H17BrFNO3. The minimum Gasteiger partial charge on any atom is -0.497 e. The molecule has 0 aromatic heterocycles. The van der Waals surface area contributed by atoms with Crippen molar-refractivity contribution in [3.63, 3.8) is 0 Å². The zero-order valence-corrected chi connectivity index (χ0v) is 14.5. The topological polar surface area (TPSA) is 38.8 Å². The van der Waals surface area contributed by atoms with Gasteiger partial charge in [-0.1, -0.05) is 15.9 Å². The van der Waals surface area contributed by atoms with Gasteiger partial charge in [0, 0.05) is 11.5 Å². The summed E-state index contributed by atoms with van der Waals surface area (Å²) in [6, 6.07) is 11.4. The summed E-state index contributed by atoms with van der Waals surface area (Å²) in [4.78, 5) is 13.7. The van der Waals surface area contributed by atoms with Gasteiger partial charge in [-0.2, -0.15) is 0 Å². The molecule has 2 aromatic carbocycles. The van der Waals surface area contributed by atoms with E-state index >= 15 is 0 Å². The number of ether oxygens (including phenoxy) is 2. The first-order valence-corrected chi connectivity index (χ1v) is 7.78. The lowest BCUT2D eigenvalue weighted by Gasteiger charge is -2.18. The van der Waals surface area contributed by atoms with Crippen LogP contribution in [-0.4, -0.2) is 38.1 Å². The molecule has 0 aliphatic rings. The van der Waals surface area contributed by atoms with Crippen LogP contribution in [-0.2, 0) is 0 Å². The zero-order valence-electron chi connectivity index (χ0n) is 12.9. The summed E-state index contributed by atoms with van der Waals surface area (Å²) in [5.41, 5.74) is 0.0336. The van der Waals surface area contributed by atoms with Gasteiger partial charge in [-0.05, 0) is 42.5 Å². The quantitative estimate of drug-likeness (QED) is 0.764. The van der Waals surface area contributed by atoms with Crippen molar-refractivity contribution in [2.45, 2.75) is 0 Å². The first kappa shape index (κ1) is 17.3. The summed E-state index contributed by atoms with van der Waals surface area (Å²) in [5.74, 6) is 0.498. The molecule has 0 radical (unpaired) electrons. The molecule has 1 amide bonds. The van der Waals surface area contributed by atoms with Crippen molar-refractivity contribution in [2.75, 3.05) is 27.3 Å². The Labute approximate surface area is 142 Å². The Kier molecular flexibility index (Phi) is 5.98. The Morgan fingerprint density at radius 3 is 2.48 bits per heavy atom. The maximum Gasteiger partial charge on any atom is 0.256 e. The second kappa shape index (κ2) is 7.97. The predicted octanol–water partition coefficient (Wildman–Crippen LogP) is 3.75. The van der Waals surface area contributed by atoms with E-state index < -0.39 is 5.82 Å². The summed E-state index contributed by atoms with van der Waals surface area (Å²) in [5, 5.41) is 0. The van der Waals surface area contributed by atoms with Crippen LogP contribution in [0.4, 0.5) is 4.39 Å². The smallest absolute Gasteiger partial charge is 0.256 e. The average molecular weight is 382 g/mol. The molecule has 0 bridgehead atoms. The number of methoxy groups -OCH3 is 1. The lowest BCUT2D eigenvalue weighted by Crippen LogP contribution is -2.31. The summed E-state index contributed by atoms with van der Waals surface area (Å²) in [6.07, 6.45) is 0. The van der Waals surface area contributed by atoms with Crippen LogP contribution < -0.4 is 9.47 Å². The number of hydrogen-bond acceptors (Lipinski definition) is 3. The molecule has 0 atom stereocenters. The van der Waals surface area contributed by atoms with E-state index in [4.69, 9.17) is 9.47 Å². The van der Waals surface area contributed by atoms with E-state index in [0.29, 0.717) is 23.4 Å². The van der Waals surface area contributed by atoms with E-state index in [1.165, 1.54) is 17.0 Å². The molecule has 2 rings (SSSR count). The molecule has 0 N–H and O–H groups in total. The molecular weight excluding hydrogens is 365 g/mol. The molecule has 122 valence electrons. The zero-order chi connectivity index (χ0) is 16.8. The lowest BCUT2D eigenvalue weighted by atomic mass is 10.2. The highest BCUT2D eigenvalue weighted by Crippen LogP contribution is 2.18. The number of likely N-dealkylation sites (N-methyl/N-ethyl adjacent to an activating group) is 1.